The van der Waals surface area contributed by atoms with Gasteiger partial charge in [0.15, 0.2) is 6.61 Å². The van der Waals surface area contributed by atoms with Gasteiger partial charge in [-0.2, -0.15) is 0 Å². The Bertz CT molecular complexity index is 483. The SMILES string of the molecule is CCOC(=O)COc1ccc(C(=S)N2CCOCC2)cc1. The van der Waals surface area contributed by atoms with E-state index in [4.69, 9.17) is 26.4 Å². The molecule has 0 saturated carbocycles. The highest BCUT2D eigenvalue weighted by molar-refractivity contribution is 7.80. The topological polar surface area (TPSA) is 48.0 Å². The van der Waals surface area contributed by atoms with Crippen LogP contribution in [-0.2, 0) is 14.3 Å². The third kappa shape index (κ3) is 4.68. The first-order valence-corrected chi connectivity index (χ1v) is 7.37. The van der Waals surface area contributed by atoms with Crippen molar-refractivity contribution >= 4 is 23.2 Å². The predicted octanol–water partition coefficient (Wildman–Crippen LogP) is 1.64. The van der Waals surface area contributed by atoms with Crippen molar-refractivity contribution in [1.82, 2.24) is 4.90 Å². The van der Waals surface area contributed by atoms with Crippen LogP contribution in [0.4, 0.5) is 0 Å². The molecule has 0 radical (unpaired) electrons. The van der Waals surface area contributed by atoms with Crippen molar-refractivity contribution in [2.45, 2.75) is 6.92 Å². The van der Waals surface area contributed by atoms with Gasteiger partial charge >= 0.3 is 5.97 Å². The molecule has 114 valence electrons. The van der Waals surface area contributed by atoms with Crippen LogP contribution in [0.5, 0.6) is 5.75 Å². The lowest BCUT2D eigenvalue weighted by molar-refractivity contribution is -0.145. The standard InChI is InChI=1S/C15H19NO4S/c1-2-19-14(17)11-20-13-5-3-12(4-6-13)15(21)16-7-9-18-10-8-16/h3-6H,2,7-11H2,1H3. The summed E-state index contributed by atoms with van der Waals surface area (Å²) >= 11 is 5.48. The van der Waals surface area contributed by atoms with E-state index in [0.29, 0.717) is 25.6 Å². The number of carbonyl (C=O) groups is 1. The second-order valence-corrected chi connectivity index (χ2v) is 4.91. The van der Waals surface area contributed by atoms with Gasteiger partial charge in [0.05, 0.1) is 19.8 Å². The summed E-state index contributed by atoms with van der Waals surface area (Å²) < 4.78 is 15.5. The van der Waals surface area contributed by atoms with Gasteiger partial charge in [-0.25, -0.2) is 4.79 Å². The highest BCUT2D eigenvalue weighted by Gasteiger charge is 2.15. The zero-order valence-corrected chi connectivity index (χ0v) is 12.9. The van der Waals surface area contributed by atoms with Crippen molar-refractivity contribution < 1.29 is 19.0 Å². The number of thiocarbonyl (C=S) groups is 1. The maximum absolute atomic E-state index is 11.2. The molecule has 0 unspecified atom stereocenters. The first-order chi connectivity index (χ1) is 10.2. The molecule has 1 aromatic carbocycles. The number of ether oxygens (including phenoxy) is 3. The normalized spacial score (nSPS) is 14.6. The van der Waals surface area contributed by atoms with Crippen LogP contribution in [0.2, 0.25) is 0 Å². The fourth-order valence-electron chi connectivity index (χ4n) is 1.99. The molecule has 0 spiro atoms. The molecular formula is C15H19NO4S. The molecule has 0 bridgehead atoms. The van der Waals surface area contributed by atoms with Crippen LogP contribution in [0.25, 0.3) is 0 Å². The first kappa shape index (κ1) is 15.7. The summed E-state index contributed by atoms with van der Waals surface area (Å²) in [5, 5.41) is 0. The highest BCUT2D eigenvalue weighted by atomic mass is 32.1. The molecule has 1 aliphatic rings. The Morgan fingerprint density at radius 2 is 1.95 bits per heavy atom. The molecule has 2 rings (SSSR count). The van der Waals surface area contributed by atoms with E-state index in [9.17, 15) is 4.79 Å². The number of nitrogens with zero attached hydrogens (tertiary/aromatic N) is 1. The fourth-order valence-corrected chi connectivity index (χ4v) is 2.31. The van der Waals surface area contributed by atoms with E-state index in [-0.39, 0.29) is 12.6 Å². The second-order valence-electron chi connectivity index (χ2n) is 4.52. The molecule has 6 heteroatoms. The quantitative estimate of drug-likeness (QED) is 0.609. The van der Waals surface area contributed by atoms with E-state index in [1.807, 2.05) is 12.1 Å². The molecule has 0 aromatic heterocycles. The zero-order chi connectivity index (χ0) is 15.1. The molecule has 0 aliphatic carbocycles. The summed E-state index contributed by atoms with van der Waals surface area (Å²) in [5.41, 5.74) is 0.968. The Kier molecular flexibility index (Phi) is 5.95. The minimum Gasteiger partial charge on any atom is -0.482 e. The van der Waals surface area contributed by atoms with Crippen molar-refractivity contribution in [1.29, 1.82) is 0 Å². The number of rotatable bonds is 5. The van der Waals surface area contributed by atoms with E-state index in [0.717, 1.165) is 23.6 Å². The van der Waals surface area contributed by atoms with E-state index >= 15 is 0 Å². The molecule has 0 N–H and O–H groups in total. The van der Waals surface area contributed by atoms with Gasteiger partial charge in [0.2, 0.25) is 0 Å². The summed E-state index contributed by atoms with van der Waals surface area (Å²) in [6, 6.07) is 7.42. The molecule has 0 atom stereocenters. The van der Waals surface area contributed by atoms with Crippen LogP contribution in [0.15, 0.2) is 24.3 Å². The highest BCUT2D eigenvalue weighted by Crippen LogP contribution is 2.15. The second kappa shape index (κ2) is 7.95. The molecule has 1 aromatic rings. The number of hydrogen-bond acceptors (Lipinski definition) is 5. The van der Waals surface area contributed by atoms with E-state index in [2.05, 4.69) is 4.90 Å². The van der Waals surface area contributed by atoms with Crippen molar-refractivity contribution in [3.8, 4) is 5.75 Å². The van der Waals surface area contributed by atoms with Crippen LogP contribution in [0, 0.1) is 0 Å². The summed E-state index contributed by atoms with van der Waals surface area (Å²) in [7, 11) is 0. The number of benzene rings is 1. The molecule has 1 aliphatic heterocycles. The third-order valence-electron chi connectivity index (χ3n) is 3.06. The van der Waals surface area contributed by atoms with E-state index in [1.54, 1.807) is 19.1 Å². The molecule has 1 saturated heterocycles. The van der Waals surface area contributed by atoms with Crippen LogP contribution in [0.1, 0.15) is 12.5 Å². The number of esters is 1. The van der Waals surface area contributed by atoms with Gasteiger partial charge in [0, 0.05) is 18.7 Å². The minimum absolute atomic E-state index is 0.0822. The third-order valence-corrected chi connectivity index (χ3v) is 3.56. The lowest BCUT2D eigenvalue weighted by atomic mass is 10.2. The van der Waals surface area contributed by atoms with Crippen molar-refractivity contribution in [2.24, 2.45) is 0 Å². The Hall–Kier alpha value is -1.66. The number of hydrogen-bond donors (Lipinski definition) is 0. The predicted molar refractivity (Wildman–Crippen MR) is 82.7 cm³/mol. The number of carbonyl (C=O) groups excluding carboxylic acids is 1. The fraction of sp³-hybridized carbons (Fsp3) is 0.467. The maximum Gasteiger partial charge on any atom is 0.344 e. The lowest BCUT2D eigenvalue weighted by Gasteiger charge is -2.29. The molecule has 1 heterocycles. The van der Waals surface area contributed by atoms with Crippen molar-refractivity contribution in [3.63, 3.8) is 0 Å². The lowest BCUT2D eigenvalue weighted by Crippen LogP contribution is -2.40. The van der Waals surface area contributed by atoms with Crippen LogP contribution < -0.4 is 4.74 Å². The van der Waals surface area contributed by atoms with E-state index in [1.165, 1.54) is 0 Å². The molecule has 5 nitrogen and oxygen atoms in total. The summed E-state index contributed by atoms with van der Waals surface area (Å²) in [6.45, 7) is 5.09. The Morgan fingerprint density at radius 3 is 2.57 bits per heavy atom. The van der Waals surface area contributed by atoms with Gasteiger partial charge < -0.3 is 19.1 Å². The maximum atomic E-state index is 11.2. The molecule has 21 heavy (non-hydrogen) atoms. The van der Waals surface area contributed by atoms with Crippen molar-refractivity contribution in [3.05, 3.63) is 29.8 Å². The Balaban J connectivity index is 1.89. The van der Waals surface area contributed by atoms with Gasteiger partial charge in [-0.1, -0.05) is 12.2 Å². The van der Waals surface area contributed by atoms with Crippen LogP contribution in [-0.4, -0.2) is 55.4 Å². The molecule has 0 amide bonds. The Morgan fingerprint density at radius 1 is 1.29 bits per heavy atom. The van der Waals surface area contributed by atoms with Gasteiger partial charge in [-0.3, -0.25) is 0 Å². The Labute approximate surface area is 129 Å². The van der Waals surface area contributed by atoms with Crippen LogP contribution in [0.3, 0.4) is 0 Å². The minimum atomic E-state index is -0.370. The van der Waals surface area contributed by atoms with Gasteiger partial charge in [-0.05, 0) is 31.2 Å². The van der Waals surface area contributed by atoms with Gasteiger partial charge in [0.25, 0.3) is 0 Å². The summed E-state index contributed by atoms with van der Waals surface area (Å²) in [5.74, 6) is 0.252. The molecular weight excluding hydrogens is 290 g/mol. The average Bonchev–Trinajstić information content (AvgIpc) is 2.54. The van der Waals surface area contributed by atoms with Gasteiger partial charge in [-0.15, -0.1) is 0 Å². The smallest absolute Gasteiger partial charge is 0.344 e. The van der Waals surface area contributed by atoms with E-state index < -0.39 is 0 Å². The zero-order valence-electron chi connectivity index (χ0n) is 12.0. The van der Waals surface area contributed by atoms with Gasteiger partial charge in [0.1, 0.15) is 10.7 Å². The largest absolute Gasteiger partial charge is 0.482 e. The number of morpholine rings is 1. The first-order valence-electron chi connectivity index (χ1n) is 6.96. The molecule has 1 fully saturated rings. The average molecular weight is 309 g/mol. The monoisotopic (exact) mass is 309 g/mol. The summed E-state index contributed by atoms with van der Waals surface area (Å²) in [4.78, 5) is 14.2. The summed E-state index contributed by atoms with van der Waals surface area (Å²) in [6.07, 6.45) is 0. The van der Waals surface area contributed by atoms with Crippen LogP contribution >= 0.6 is 12.2 Å². The van der Waals surface area contributed by atoms with Crippen molar-refractivity contribution in [2.75, 3.05) is 39.5 Å².